The average molecular weight is 408 g/mol. The fourth-order valence-electron chi connectivity index (χ4n) is 3.32. The normalized spacial score (nSPS) is 12.8. The van der Waals surface area contributed by atoms with Crippen molar-refractivity contribution in [1.82, 2.24) is 24.7 Å². The van der Waals surface area contributed by atoms with Gasteiger partial charge in [-0.25, -0.2) is 19.3 Å². The predicted octanol–water partition coefficient (Wildman–Crippen LogP) is 3.05. The Hall–Kier alpha value is -3.53. The van der Waals surface area contributed by atoms with Crippen molar-refractivity contribution in [2.45, 2.75) is 6.54 Å². The molecule has 0 aliphatic carbocycles. The minimum atomic E-state index is -0.278. The lowest BCUT2D eigenvalue weighted by molar-refractivity contribution is 0.587. The molecule has 0 saturated heterocycles. The Labute approximate surface area is 169 Å². The summed E-state index contributed by atoms with van der Waals surface area (Å²) in [5, 5.41) is 10.5. The number of aromatic nitrogens is 5. The number of nitrogens with one attached hydrogen (secondary N) is 1. The van der Waals surface area contributed by atoms with Crippen LogP contribution in [0, 0.1) is 5.82 Å². The molecule has 5 rings (SSSR count). The van der Waals surface area contributed by atoms with Crippen molar-refractivity contribution in [2.75, 3.05) is 29.7 Å². The molecule has 29 heavy (non-hydrogen) atoms. The Bertz CT molecular complexity index is 1190. The second-order valence-electron chi connectivity index (χ2n) is 6.66. The van der Waals surface area contributed by atoms with Gasteiger partial charge in [0.2, 0.25) is 0 Å². The van der Waals surface area contributed by atoms with Crippen LogP contribution in [0.3, 0.4) is 0 Å². The molecule has 3 aromatic heterocycles. The van der Waals surface area contributed by atoms with Crippen molar-refractivity contribution >= 4 is 28.7 Å². The monoisotopic (exact) mass is 408 g/mol. The summed E-state index contributed by atoms with van der Waals surface area (Å²) in [6, 6.07) is 8.51. The molecule has 1 aliphatic heterocycles. The molecule has 0 amide bonds. The van der Waals surface area contributed by atoms with Gasteiger partial charge in [0.1, 0.15) is 22.2 Å². The van der Waals surface area contributed by atoms with Crippen molar-refractivity contribution in [3.8, 4) is 22.2 Å². The van der Waals surface area contributed by atoms with Crippen molar-refractivity contribution in [1.29, 1.82) is 0 Å². The number of fused-ring (bicyclic) bond motifs is 1. The highest BCUT2D eigenvalue weighted by Gasteiger charge is 2.24. The molecule has 0 bridgehead atoms. The number of hydrogen-bond donors (Lipinski definition) is 2. The second-order valence-corrected chi connectivity index (χ2v) is 7.56. The van der Waals surface area contributed by atoms with Crippen molar-refractivity contribution in [3.63, 3.8) is 0 Å². The zero-order valence-corrected chi connectivity index (χ0v) is 16.3. The first kappa shape index (κ1) is 17.6. The number of hydrogen-bond acceptors (Lipinski definition) is 8. The zero-order valence-electron chi connectivity index (χ0n) is 15.5. The van der Waals surface area contributed by atoms with Gasteiger partial charge in [0, 0.05) is 24.2 Å². The summed E-state index contributed by atoms with van der Waals surface area (Å²) in [5.41, 5.74) is 8.80. The summed E-state index contributed by atoms with van der Waals surface area (Å²) in [7, 11) is 1.92. The van der Waals surface area contributed by atoms with E-state index in [-0.39, 0.29) is 12.4 Å². The molecule has 0 fully saturated rings. The largest absolute Gasteiger partial charge is 0.382 e. The Morgan fingerprint density at radius 1 is 1.28 bits per heavy atom. The molecule has 1 aromatic carbocycles. The Morgan fingerprint density at radius 2 is 2.14 bits per heavy atom. The van der Waals surface area contributed by atoms with Crippen LogP contribution in [0.25, 0.3) is 22.2 Å². The molecular formula is C19H17FN8S. The highest BCUT2D eigenvalue weighted by Crippen LogP contribution is 2.35. The van der Waals surface area contributed by atoms with E-state index in [2.05, 4.69) is 25.4 Å². The van der Waals surface area contributed by atoms with Gasteiger partial charge in [-0.05, 0) is 12.1 Å². The first-order chi connectivity index (χ1) is 14.1. The smallest absolute Gasteiger partial charge is 0.184 e. The summed E-state index contributed by atoms with van der Waals surface area (Å²) in [6.07, 6.45) is 1.73. The number of anilines is 3. The maximum atomic E-state index is 14.2. The molecule has 146 valence electrons. The second kappa shape index (κ2) is 6.82. The Balaban J connectivity index is 1.60. The third kappa shape index (κ3) is 3.07. The van der Waals surface area contributed by atoms with E-state index in [4.69, 9.17) is 5.73 Å². The lowest BCUT2D eigenvalue weighted by Gasteiger charge is -2.11. The van der Waals surface area contributed by atoms with Gasteiger partial charge in [0.05, 0.1) is 18.9 Å². The van der Waals surface area contributed by atoms with Crippen LogP contribution in [0.4, 0.5) is 21.7 Å². The van der Waals surface area contributed by atoms with Crippen LogP contribution >= 0.6 is 11.3 Å². The average Bonchev–Trinajstić information content (AvgIpc) is 3.44. The van der Waals surface area contributed by atoms with Gasteiger partial charge in [0.25, 0.3) is 0 Å². The highest BCUT2D eigenvalue weighted by atomic mass is 32.1. The molecule has 0 spiro atoms. The van der Waals surface area contributed by atoms with Crippen LogP contribution in [-0.2, 0) is 6.54 Å². The van der Waals surface area contributed by atoms with E-state index in [0.29, 0.717) is 35.4 Å². The number of benzene rings is 1. The van der Waals surface area contributed by atoms with Crippen LogP contribution in [0.2, 0.25) is 0 Å². The molecule has 10 heteroatoms. The van der Waals surface area contributed by atoms with Crippen LogP contribution in [-0.4, -0.2) is 38.4 Å². The minimum absolute atomic E-state index is 0.267. The van der Waals surface area contributed by atoms with Gasteiger partial charge in [-0.15, -0.1) is 11.3 Å². The van der Waals surface area contributed by atoms with Crippen molar-refractivity contribution in [2.24, 2.45) is 0 Å². The van der Waals surface area contributed by atoms with Gasteiger partial charge in [-0.3, -0.25) is 4.68 Å². The van der Waals surface area contributed by atoms with Crippen LogP contribution < -0.4 is 16.0 Å². The number of halogens is 1. The van der Waals surface area contributed by atoms with E-state index in [0.717, 1.165) is 16.4 Å². The van der Waals surface area contributed by atoms with E-state index in [1.165, 1.54) is 17.4 Å². The van der Waals surface area contributed by atoms with E-state index in [9.17, 15) is 4.39 Å². The molecule has 0 atom stereocenters. The maximum absolute atomic E-state index is 14.2. The van der Waals surface area contributed by atoms with E-state index in [1.54, 1.807) is 29.1 Å². The molecule has 3 N–H and O–H groups in total. The Kier molecular flexibility index (Phi) is 4.13. The number of nitrogens with two attached hydrogens (primary N) is 1. The summed E-state index contributed by atoms with van der Waals surface area (Å²) in [4.78, 5) is 15.4. The van der Waals surface area contributed by atoms with E-state index >= 15 is 0 Å². The zero-order chi connectivity index (χ0) is 20.0. The third-order valence-electron chi connectivity index (χ3n) is 4.71. The van der Waals surface area contributed by atoms with Crippen molar-refractivity contribution in [3.05, 3.63) is 53.3 Å². The van der Waals surface area contributed by atoms with E-state index < -0.39 is 0 Å². The Morgan fingerprint density at radius 3 is 2.93 bits per heavy atom. The maximum Gasteiger partial charge on any atom is 0.184 e. The van der Waals surface area contributed by atoms with E-state index in [1.807, 2.05) is 23.4 Å². The molecule has 4 aromatic rings. The molecule has 0 saturated carbocycles. The fraction of sp³-hybridized carbons (Fsp3) is 0.158. The topological polar surface area (TPSA) is 97.8 Å². The quantitative estimate of drug-likeness (QED) is 0.536. The van der Waals surface area contributed by atoms with Gasteiger partial charge in [0.15, 0.2) is 17.5 Å². The number of nitrogen functional groups attached to an aromatic ring is 1. The van der Waals surface area contributed by atoms with Gasteiger partial charge in [-0.1, -0.05) is 18.2 Å². The fourth-order valence-corrected chi connectivity index (χ4v) is 3.97. The number of nitrogens with zero attached hydrogens (tertiary/aromatic N) is 6. The lowest BCUT2D eigenvalue weighted by Crippen LogP contribution is -2.17. The summed E-state index contributed by atoms with van der Waals surface area (Å²) in [5.74, 6) is 1.19. The highest BCUT2D eigenvalue weighted by molar-refractivity contribution is 7.13. The van der Waals surface area contributed by atoms with Gasteiger partial charge in [-0.2, -0.15) is 5.10 Å². The van der Waals surface area contributed by atoms with Gasteiger partial charge < -0.3 is 16.0 Å². The first-order valence-electron chi connectivity index (χ1n) is 8.94. The third-order valence-corrected chi connectivity index (χ3v) is 5.51. The first-order valence-corrected chi connectivity index (χ1v) is 9.82. The molecule has 0 radical (unpaired) electrons. The number of thiazole rings is 1. The van der Waals surface area contributed by atoms with Crippen LogP contribution in [0.15, 0.2) is 41.9 Å². The van der Waals surface area contributed by atoms with Crippen LogP contribution in [0.1, 0.15) is 5.56 Å². The summed E-state index contributed by atoms with van der Waals surface area (Å²) >= 11 is 1.49. The van der Waals surface area contributed by atoms with Crippen LogP contribution in [0.5, 0.6) is 0 Å². The lowest BCUT2D eigenvalue weighted by atomic mass is 10.2. The molecule has 1 aliphatic rings. The standard InChI is InChI=1S/C19H17FN8S/c1-27-10-23-18-15(27)16(21)24-17(25-18)13-8-14(19-22-6-7-29-19)28(26-13)9-11-4-2-3-5-12(11)20/h2-8H,9-10H2,1H3,(H3,21,23,24,25). The summed E-state index contributed by atoms with van der Waals surface area (Å²) < 4.78 is 15.9. The van der Waals surface area contributed by atoms with Gasteiger partial charge >= 0.3 is 0 Å². The molecule has 0 unspecified atom stereocenters. The molecular weight excluding hydrogens is 391 g/mol. The minimum Gasteiger partial charge on any atom is -0.382 e. The summed E-state index contributed by atoms with van der Waals surface area (Å²) in [6.45, 7) is 0.882. The molecule has 8 nitrogen and oxygen atoms in total. The predicted molar refractivity (Wildman–Crippen MR) is 111 cm³/mol. The SMILES string of the molecule is CN1CNc2nc(-c3cc(-c4nccs4)n(Cc4ccccc4F)n3)nc(N)c21. The number of rotatable bonds is 4. The van der Waals surface area contributed by atoms with Crippen molar-refractivity contribution < 1.29 is 4.39 Å². The molecule has 4 heterocycles.